The second-order valence-corrected chi connectivity index (χ2v) is 8.79. The maximum atomic E-state index is 13.9. The normalized spacial score (nSPS) is 18.3. The average Bonchev–Trinajstić information content (AvgIpc) is 3.16. The molecule has 1 amide bonds. The van der Waals surface area contributed by atoms with Crippen LogP contribution in [0.15, 0.2) is 84.1 Å². The minimum absolute atomic E-state index is 0.0356. The van der Waals surface area contributed by atoms with Crippen LogP contribution in [-0.2, 0) is 10.3 Å². The van der Waals surface area contributed by atoms with Gasteiger partial charge in [0, 0.05) is 45.1 Å². The predicted molar refractivity (Wildman–Crippen MR) is 134 cm³/mol. The standard InChI is InChI=1S/C27H30N6O/c1-22-30-27(23-10-4-2-5-11-23,24-12-6-3-7-13-24)25(34)33(22)17-9-16-31-18-20-32(21-19-31)26-28-14-8-15-29-26/h2-8,10-15H,9,16-21H2,1H3. The topological polar surface area (TPSA) is 64.9 Å². The number of hydrogen-bond acceptors (Lipinski definition) is 6. The van der Waals surface area contributed by atoms with Crippen molar-refractivity contribution in [2.45, 2.75) is 18.9 Å². The van der Waals surface area contributed by atoms with E-state index in [4.69, 9.17) is 4.99 Å². The lowest BCUT2D eigenvalue weighted by Gasteiger charge is -2.35. The summed E-state index contributed by atoms with van der Waals surface area (Å²) in [5.74, 6) is 1.62. The van der Waals surface area contributed by atoms with E-state index in [2.05, 4.69) is 19.8 Å². The van der Waals surface area contributed by atoms with Gasteiger partial charge in [-0.3, -0.25) is 14.6 Å². The zero-order valence-electron chi connectivity index (χ0n) is 19.5. The Morgan fingerprint density at radius 3 is 1.97 bits per heavy atom. The van der Waals surface area contributed by atoms with Crippen molar-refractivity contribution >= 4 is 17.7 Å². The van der Waals surface area contributed by atoms with Crippen molar-refractivity contribution in [3.63, 3.8) is 0 Å². The van der Waals surface area contributed by atoms with Gasteiger partial charge in [-0.15, -0.1) is 0 Å². The van der Waals surface area contributed by atoms with E-state index < -0.39 is 5.54 Å². The van der Waals surface area contributed by atoms with Gasteiger partial charge in [0.1, 0.15) is 5.84 Å². The van der Waals surface area contributed by atoms with Crippen LogP contribution >= 0.6 is 0 Å². The Hall–Kier alpha value is -3.58. The van der Waals surface area contributed by atoms with E-state index in [0.29, 0.717) is 6.54 Å². The summed E-state index contributed by atoms with van der Waals surface area (Å²) >= 11 is 0. The van der Waals surface area contributed by atoms with Gasteiger partial charge in [0.05, 0.1) is 0 Å². The maximum Gasteiger partial charge on any atom is 0.265 e. The SMILES string of the molecule is CC1=NC(c2ccccc2)(c2ccccc2)C(=O)N1CCCN1CCN(c2ncccn2)CC1. The molecule has 0 spiro atoms. The zero-order chi connectivity index (χ0) is 23.4. The second-order valence-electron chi connectivity index (χ2n) is 8.79. The Kier molecular flexibility index (Phi) is 6.36. The van der Waals surface area contributed by atoms with Crippen molar-refractivity contribution in [1.82, 2.24) is 19.8 Å². The highest BCUT2D eigenvalue weighted by Gasteiger charge is 2.49. The summed E-state index contributed by atoms with van der Waals surface area (Å²) in [6, 6.07) is 21.7. The number of amides is 1. The third kappa shape index (κ3) is 4.19. The van der Waals surface area contributed by atoms with Crippen LogP contribution in [0.3, 0.4) is 0 Å². The lowest BCUT2D eigenvalue weighted by Crippen LogP contribution is -2.48. The summed E-state index contributed by atoms with van der Waals surface area (Å²) < 4.78 is 0. The summed E-state index contributed by atoms with van der Waals surface area (Å²) in [4.78, 5) is 34.2. The van der Waals surface area contributed by atoms with Crippen LogP contribution in [0.4, 0.5) is 5.95 Å². The molecule has 0 unspecified atom stereocenters. The molecule has 7 heteroatoms. The lowest BCUT2D eigenvalue weighted by molar-refractivity contribution is -0.130. The summed E-state index contributed by atoms with van der Waals surface area (Å²) in [6.07, 6.45) is 4.48. The van der Waals surface area contributed by atoms with E-state index in [-0.39, 0.29) is 5.91 Å². The van der Waals surface area contributed by atoms with Crippen molar-refractivity contribution in [2.75, 3.05) is 44.2 Å². The molecule has 2 aromatic carbocycles. The molecule has 1 saturated heterocycles. The van der Waals surface area contributed by atoms with Gasteiger partial charge in [0.25, 0.3) is 5.91 Å². The van der Waals surface area contributed by atoms with Gasteiger partial charge in [0.15, 0.2) is 5.54 Å². The molecular weight excluding hydrogens is 424 g/mol. The van der Waals surface area contributed by atoms with E-state index in [1.165, 1.54) is 0 Å². The van der Waals surface area contributed by atoms with Crippen molar-refractivity contribution in [3.05, 3.63) is 90.3 Å². The molecular formula is C27H30N6O. The van der Waals surface area contributed by atoms with Gasteiger partial charge in [-0.25, -0.2) is 15.0 Å². The molecule has 3 heterocycles. The number of amidine groups is 1. The van der Waals surface area contributed by atoms with Gasteiger partial charge < -0.3 is 4.90 Å². The van der Waals surface area contributed by atoms with E-state index in [1.807, 2.05) is 78.6 Å². The van der Waals surface area contributed by atoms with Crippen molar-refractivity contribution in [1.29, 1.82) is 0 Å². The van der Waals surface area contributed by atoms with Gasteiger partial charge in [-0.2, -0.15) is 0 Å². The predicted octanol–water partition coefficient (Wildman–Crippen LogP) is 3.19. The number of aliphatic imine (C=N–C) groups is 1. The Morgan fingerprint density at radius 1 is 0.794 bits per heavy atom. The summed E-state index contributed by atoms with van der Waals surface area (Å²) in [5, 5.41) is 0. The van der Waals surface area contributed by atoms with E-state index in [0.717, 1.165) is 62.1 Å². The molecule has 0 bridgehead atoms. The molecule has 1 fully saturated rings. The van der Waals surface area contributed by atoms with Gasteiger partial charge in [-0.1, -0.05) is 60.7 Å². The Labute approximate surface area is 200 Å². The van der Waals surface area contributed by atoms with Crippen molar-refractivity contribution in [3.8, 4) is 0 Å². The second kappa shape index (κ2) is 9.73. The van der Waals surface area contributed by atoms with Crippen molar-refractivity contribution < 1.29 is 4.79 Å². The highest BCUT2D eigenvalue weighted by Crippen LogP contribution is 2.40. The number of carbonyl (C=O) groups is 1. The van der Waals surface area contributed by atoms with Crippen LogP contribution in [0, 0.1) is 0 Å². The van der Waals surface area contributed by atoms with Crippen LogP contribution in [0.1, 0.15) is 24.5 Å². The van der Waals surface area contributed by atoms with Crippen LogP contribution < -0.4 is 4.90 Å². The number of aromatic nitrogens is 2. The van der Waals surface area contributed by atoms with Gasteiger partial charge >= 0.3 is 0 Å². The van der Waals surface area contributed by atoms with Crippen LogP contribution in [0.25, 0.3) is 0 Å². The molecule has 3 aromatic rings. The molecule has 2 aliphatic heterocycles. The molecule has 34 heavy (non-hydrogen) atoms. The Bertz CT molecular complexity index is 1090. The maximum absolute atomic E-state index is 13.9. The zero-order valence-corrected chi connectivity index (χ0v) is 19.5. The minimum atomic E-state index is -1.01. The largest absolute Gasteiger partial charge is 0.338 e. The third-order valence-electron chi connectivity index (χ3n) is 6.72. The van der Waals surface area contributed by atoms with Crippen LogP contribution in [0.5, 0.6) is 0 Å². The third-order valence-corrected chi connectivity index (χ3v) is 6.72. The van der Waals surface area contributed by atoms with E-state index >= 15 is 0 Å². The number of hydrogen-bond donors (Lipinski definition) is 0. The number of anilines is 1. The number of carbonyl (C=O) groups excluding carboxylic acids is 1. The highest BCUT2D eigenvalue weighted by atomic mass is 16.2. The molecule has 5 rings (SSSR count). The molecule has 0 saturated carbocycles. The number of benzene rings is 2. The Morgan fingerprint density at radius 2 is 1.38 bits per heavy atom. The molecule has 0 radical (unpaired) electrons. The fourth-order valence-electron chi connectivity index (χ4n) is 4.94. The first-order valence-corrected chi connectivity index (χ1v) is 11.9. The average molecular weight is 455 g/mol. The quantitative estimate of drug-likeness (QED) is 0.549. The number of piperazine rings is 1. The summed E-state index contributed by atoms with van der Waals surface area (Å²) in [5.41, 5.74) is 0.813. The van der Waals surface area contributed by atoms with Gasteiger partial charge in [0.2, 0.25) is 5.95 Å². The molecule has 174 valence electrons. The summed E-state index contributed by atoms with van der Waals surface area (Å²) in [6.45, 7) is 7.33. The minimum Gasteiger partial charge on any atom is -0.338 e. The fraction of sp³-hybridized carbons (Fsp3) is 0.333. The first kappa shape index (κ1) is 22.2. The fourth-order valence-corrected chi connectivity index (χ4v) is 4.94. The smallest absolute Gasteiger partial charge is 0.265 e. The molecule has 7 nitrogen and oxygen atoms in total. The van der Waals surface area contributed by atoms with Crippen LogP contribution in [0.2, 0.25) is 0 Å². The molecule has 0 N–H and O–H groups in total. The molecule has 2 aliphatic rings. The molecule has 1 aromatic heterocycles. The monoisotopic (exact) mass is 454 g/mol. The summed E-state index contributed by atoms with van der Waals surface area (Å²) in [7, 11) is 0. The lowest BCUT2D eigenvalue weighted by atomic mass is 9.83. The van der Waals surface area contributed by atoms with Crippen molar-refractivity contribution in [2.24, 2.45) is 4.99 Å². The first-order valence-electron chi connectivity index (χ1n) is 11.9. The number of rotatable bonds is 7. The number of nitrogens with zero attached hydrogens (tertiary/aromatic N) is 6. The van der Waals surface area contributed by atoms with Crippen LogP contribution in [-0.4, -0.2) is 70.8 Å². The Balaban J connectivity index is 1.24. The highest BCUT2D eigenvalue weighted by molar-refractivity contribution is 6.09. The van der Waals surface area contributed by atoms with Gasteiger partial charge in [-0.05, 0) is 37.1 Å². The molecule has 0 aliphatic carbocycles. The van der Waals surface area contributed by atoms with E-state index in [9.17, 15) is 4.79 Å². The van der Waals surface area contributed by atoms with E-state index in [1.54, 1.807) is 12.4 Å². The first-order chi connectivity index (χ1) is 16.7. The molecule has 0 atom stereocenters.